The predicted octanol–water partition coefficient (Wildman–Crippen LogP) is -0.827. The molecule has 9 nitrogen and oxygen atoms in total. The first-order chi connectivity index (χ1) is 10.4. The summed E-state index contributed by atoms with van der Waals surface area (Å²) in [6, 6.07) is -1.16. The number of rotatable bonds is 10. The van der Waals surface area contributed by atoms with Crippen molar-refractivity contribution in [1.29, 1.82) is 0 Å². The number of nitrogens with one attached hydrogen (secondary N) is 3. The van der Waals surface area contributed by atoms with Crippen LogP contribution in [-0.2, 0) is 19.2 Å². The smallest absolute Gasteiger partial charge is 0.326 e. The highest BCUT2D eigenvalue weighted by molar-refractivity contribution is 5.88. The lowest BCUT2D eigenvalue weighted by Gasteiger charge is -2.14. The summed E-state index contributed by atoms with van der Waals surface area (Å²) in [4.78, 5) is 43.7. The third kappa shape index (κ3) is 12.9. The lowest BCUT2D eigenvalue weighted by molar-refractivity contribution is -0.142. The average Bonchev–Trinajstić information content (AvgIpc) is 2.46. The number of hydrogen-bond acceptors (Lipinski definition) is 5. The van der Waals surface area contributed by atoms with Gasteiger partial charge in [-0.15, -0.1) is 0 Å². The molecule has 5 N–H and O–H groups in total. The topological polar surface area (TPSA) is 145 Å². The molecule has 0 saturated heterocycles. The number of carbonyl (C=O) groups excluding carboxylic acids is 2. The molecule has 0 aliphatic carbocycles. The van der Waals surface area contributed by atoms with Crippen molar-refractivity contribution in [2.24, 2.45) is 0 Å². The molecule has 0 heterocycles. The van der Waals surface area contributed by atoms with E-state index in [1.54, 1.807) is 7.05 Å². The quantitative estimate of drug-likeness (QED) is 0.353. The number of carbonyl (C=O) groups is 4. The standard InChI is InChI=1S/C11H19N3O6.C2H6/c1-12-5-8(15)13-6-9(16)14-7(11(19)20)3-2-4-10(17)18;1-2/h7,12H,2-6H2,1H3,(H,13,15)(H,14,16)(H,17,18)(H,19,20);1-2H3. The van der Waals surface area contributed by atoms with Crippen molar-refractivity contribution in [3.8, 4) is 0 Å². The maximum absolute atomic E-state index is 11.4. The van der Waals surface area contributed by atoms with Crippen LogP contribution in [0.25, 0.3) is 0 Å². The monoisotopic (exact) mass is 319 g/mol. The highest BCUT2D eigenvalue weighted by Gasteiger charge is 2.20. The van der Waals surface area contributed by atoms with Crippen LogP contribution in [0.4, 0.5) is 0 Å². The van der Waals surface area contributed by atoms with E-state index in [2.05, 4.69) is 16.0 Å². The molecule has 0 bridgehead atoms. The summed E-state index contributed by atoms with van der Waals surface area (Å²) in [5, 5.41) is 24.5. The van der Waals surface area contributed by atoms with Crippen LogP contribution in [0.5, 0.6) is 0 Å². The zero-order chi connectivity index (χ0) is 17.5. The average molecular weight is 319 g/mol. The molecule has 0 aromatic rings. The molecule has 128 valence electrons. The molecular formula is C13H25N3O6. The molecular weight excluding hydrogens is 294 g/mol. The number of amides is 2. The molecule has 0 fully saturated rings. The number of likely N-dealkylation sites (N-methyl/N-ethyl adjacent to an activating group) is 1. The Bertz CT molecular complexity index is 373. The normalized spacial score (nSPS) is 10.7. The van der Waals surface area contributed by atoms with Crippen molar-refractivity contribution in [1.82, 2.24) is 16.0 Å². The Balaban J connectivity index is 0. The van der Waals surface area contributed by atoms with Crippen LogP contribution in [0.2, 0.25) is 0 Å². The predicted molar refractivity (Wildman–Crippen MR) is 79.3 cm³/mol. The first kappa shape index (κ1) is 22.1. The minimum atomic E-state index is -1.25. The van der Waals surface area contributed by atoms with Gasteiger partial charge in [0.2, 0.25) is 11.8 Å². The lowest BCUT2D eigenvalue weighted by Crippen LogP contribution is -2.46. The van der Waals surface area contributed by atoms with E-state index in [4.69, 9.17) is 10.2 Å². The molecule has 0 radical (unpaired) electrons. The second-order valence-electron chi connectivity index (χ2n) is 4.05. The van der Waals surface area contributed by atoms with Gasteiger partial charge in [0.25, 0.3) is 0 Å². The molecule has 22 heavy (non-hydrogen) atoms. The Morgan fingerprint density at radius 3 is 2.05 bits per heavy atom. The van der Waals surface area contributed by atoms with E-state index in [1.807, 2.05) is 13.8 Å². The van der Waals surface area contributed by atoms with Gasteiger partial charge < -0.3 is 26.2 Å². The van der Waals surface area contributed by atoms with Crippen LogP contribution in [0.3, 0.4) is 0 Å². The van der Waals surface area contributed by atoms with Crippen LogP contribution in [0, 0.1) is 0 Å². The van der Waals surface area contributed by atoms with Crippen LogP contribution in [0.1, 0.15) is 33.1 Å². The molecule has 0 aliphatic rings. The lowest BCUT2D eigenvalue weighted by atomic mass is 10.1. The van der Waals surface area contributed by atoms with Gasteiger partial charge in [0.1, 0.15) is 6.04 Å². The van der Waals surface area contributed by atoms with Gasteiger partial charge in [-0.05, 0) is 19.9 Å². The van der Waals surface area contributed by atoms with Crippen molar-refractivity contribution in [2.45, 2.75) is 39.2 Å². The zero-order valence-electron chi connectivity index (χ0n) is 13.1. The number of hydrogen-bond donors (Lipinski definition) is 5. The van der Waals surface area contributed by atoms with E-state index in [-0.39, 0.29) is 38.3 Å². The molecule has 1 unspecified atom stereocenters. The maximum Gasteiger partial charge on any atom is 0.326 e. The summed E-state index contributed by atoms with van der Waals surface area (Å²) >= 11 is 0. The largest absolute Gasteiger partial charge is 0.481 e. The van der Waals surface area contributed by atoms with Gasteiger partial charge in [-0.2, -0.15) is 0 Å². The molecule has 1 atom stereocenters. The summed E-state index contributed by atoms with van der Waals surface area (Å²) in [6.45, 7) is 3.72. The van der Waals surface area contributed by atoms with E-state index in [0.29, 0.717) is 0 Å². The molecule has 2 amide bonds. The Morgan fingerprint density at radius 1 is 1.00 bits per heavy atom. The molecule has 0 aliphatic heterocycles. The highest BCUT2D eigenvalue weighted by Crippen LogP contribution is 2.01. The first-order valence-corrected chi connectivity index (χ1v) is 7.02. The van der Waals surface area contributed by atoms with Gasteiger partial charge in [0.05, 0.1) is 13.1 Å². The number of carboxylic acids is 2. The molecule has 0 rings (SSSR count). The SMILES string of the molecule is CC.CNCC(=O)NCC(=O)NC(CCCC(=O)O)C(=O)O. The van der Waals surface area contributed by atoms with Gasteiger partial charge in [0, 0.05) is 6.42 Å². The summed E-state index contributed by atoms with van der Waals surface area (Å²) in [6.07, 6.45) is -0.0188. The Labute approximate surface area is 129 Å². The van der Waals surface area contributed by atoms with E-state index in [9.17, 15) is 19.2 Å². The summed E-state index contributed by atoms with van der Waals surface area (Å²) < 4.78 is 0. The summed E-state index contributed by atoms with van der Waals surface area (Å²) in [5.74, 6) is -3.30. The Morgan fingerprint density at radius 2 is 1.59 bits per heavy atom. The van der Waals surface area contributed by atoms with Crippen molar-refractivity contribution in [3.05, 3.63) is 0 Å². The fraction of sp³-hybridized carbons (Fsp3) is 0.692. The van der Waals surface area contributed by atoms with E-state index < -0.39 is 23.9 Å². The fourth-order valence-electron chi connectivity index (χ4n) is 1.36. The van der Waals surface area contributed by atoms with Crippen molar-refractivity contribution >= 4 is 23.8 Å². The molecule has 0 aromatic heterocycles. The first-order valence-electron chi connectivity index (χ1n) is 7.02. The van der Waals surface area contributed by atoms with E-state index in [0.717, 1.165) is 0 Å². The highest BCUT2D eigenvalue weighted by atomic mass is 16.4. The van der Waals surface area contributed by atoms with Gasteiger partial charge in [-0.25, -0.2) is 4.79 Å². The minimum Gasteiger partial charge on any atom is -0.481 e. The van der Waals surface area contributed by atoms with Gasteiger partial charge in [-0.3, -0.25) is 14.4 Å². The minimum absolute atomic E-state index is 0.0117. The van der Waals surface area contributed by atoms with Crippen LogP contribution >= 0.6 is 0 Å². The number of carboxylic acid groups (broad SMARTS) is 2. The van der Waals surface area contributed by atoms with Gasteiger partial charge in [0.15, 0.2) is 0 Å². The van der Waals surface area contributed by atoms with Crippen LogP contribution in [-0.4, -0.2) is 60.1 Å². The zero-order valence-corrected chi connectivity index (χ0v) is 13.1. The maximum atomic E-state index is 11.4. The van der Waals surface area contributed by atoms with Gasteiger partial charge >= 0.3 is 11.9 Å². The summed E-state index contributed by atoms with van der Waals surface area (Å²) in [7, 11) is 1.57. The van der Waals surface area contributed by atoms with Crippen molar-refractivity contribution in [3.63, 3.8) is 0 Å². The number of aliphatic carboxylic acids is 2. The summed E-state index contributed by atoms with van der Waals surface area (Å²) in [5.41, 5.74) is 0. The second-order valence-corrected chi connectivity index (χ2v) is 4.05. The van der Waals surface area contributed by atoms with E-state index in [1.165, 1.54) is 0 Å². The molecule has 0 aromatic carbocycles. The van der Waals surface area contributed by atoms with Crippen molar-refractivity contribution < 1.29 is 29.4 Å². The molecule has 0 saturated carbocycles. The fourth-order valence-corrected chi connectivity index (χ4v) is 1.36. The van der Waals surface area contributed by atoms with Crippen LogP contribution in [0.15, 0.2) is 0 Å². The van der Waals surface area contributed by atoms with Crippen molar-refractivity contribution in [2.75, 3.05) is 20.1 Å². The Hall–Kier alpha value is -2.16. The Kier molecular flexibility index (Phi) is 13.9. The van der Waals surface area contributed by atoms with Gasteiger partial charge in [-0.1, -0.05) is 13.8 Å². The molecule has 9 heteroatoms. The second kappa shape index (κ2) is 13.8. The third-order valence-corrected chi connectivity index (χ3v) is 2.30. The third-order valence-electron chi connectivity index (χ3n) is 2.30. The van der Waals surface area contributed by atoms with Crippen LogP contribution < -0.4 is 16.0 Å². The molecule has 0 spiro atoms. The van der Waals surface area contributed by atoms with E-state index >= 15 is 0 Å².